The van der Waals surface area contributed by atoms with Crippen molar-refractivity contribution in [3.63, 3.8) is 0 Å². The Bertz CT molecular complexity index is 830. The predicted octanol–water partition coefficient (Wildman–Crippen LogP) is 5.78. The molecular weight excluding hydrogens is 368 g/mol. The summed E-state index contributed by atoms with van der Waals surface area (Å²) >= 11 is 4.22. The van der Waals surface area contributed by atoms with Crippen LogP contribution in [0.2, 0.25) is 0 Å². The molecule has 1 saturated carbocycles. The number of hydrogen-bond donors (Lipinski definition) is 0. The van der Waals surface area contributed by atoms with Gasteiger partial charge in [-0.3, -0.25) is 9.89 Å². The number of rotatable bonds is 3. The number of fused-ring (bicyclic) bond motifs is 1. The highest BCUT2D eigenvalue weighted by atomic mass is 32.2. The van der Waals surface area contributed by atoms with Gasteiger partial charge in [0.2, 0.25) is 0 Å². The van der Waals surface area contributed by atoms with Crippen LogP contribution in [0.5, 0.6) is 0 Å². The molecule has 0 amide bonds. The third-order valence-corrected chi connectivity index (χ3v) is 10.2. The molecule has 27 heavy (non-hydrogen) atoms. The monoisotopic (exact) mass is 394 g/mol. The molecule has 2 aromatic carbocycles. The Morgan fingerprint density at radius 1 is 1.00 bits per heavy atom. The van der Waals surface area contributed by atoms with Gasteiger partial charge in [0.05, 0.1) is 10.6 Å². The Labute approximate surface area is 170 Å². The second-order valence-corrected chi connectivity index (χ2v) is 10.7. The van der Waals surface area contributed by atoms with E-state index in [2.05, 4.69) is 96.0 Å². The minimum atomic E-state index is 0.109. The lowest BCUT2D eigenvalue weighted by molar-refractivity contribution is 0.210. The first-order valence-corrected chi connectivity index (χ1v) is 11.8. The fourth-order valence-corrected chi connectivity index (χ4v) is 8.68. The Kier molecular flexibility index (Phi) is 4.61. The van der Waals surface area contributed by atoms with Gasteiger partial charge in [0, 0.05) is 24.0 Å². The molecule has 1 aliphatic carbocycles. The molecule has 2 heterocycles. The molecule has 2 aromatic rings. The molecule has 2 fully saturated rings. The van der Waals surface area contributed by atoms with Gasteiger partial charge in [-0.15, -0.1) is 11.8 Å². The van der Waals surface area contributed by atoms with Crippen molar-refractivity contribution in [3.8, 4) is 0 Å². The first-order valence-electron chi connectivity index (χ1n) is 9.99. The lowest BCUT2D eigenvalue weighted by atomic mass is 9.88. The van der Waals surface area contributed by atoms with Crippen molar-refractivity contribution in [1.82, 2.24) is 4.90 Å². The van der Waals surface area contributed by atoms with Crippen LogP contribution in [-0.2, 0) is 6.54 Å². The number of hydrogen-bond acceptors (Lipinski definition) is 4. The molecule has 0 aromatic heterocycles. The van der Waals surface area contributed by atoms with E-state index < -0.39 is 0 Å². The number of aliphatic imine (C=N–C) groups is 1. The standard InChI is InChI=1S/C23H26N2S2/c1-18-23(26-17-25(18)16-19-10-4-2-5-11-19)22(14-8-9-15-22)24-21(27-23)20-12-6-3-7-13-20/h2-7,10-13,18H,8-9,14-17H2,1H3. The van der Waals surface area contributed by atoms with Crippen LogP contribution in [0.4, 0.5) is 0 Å². The molecular formula is C23H26N2S2. The molecule has 3 aliphatic rings. The Morgan fingerprint density at radius 2 is 1.67 bits per heavy atom. The minimum absolute atomic E-state index is 0.109. The van der Waals surface area contributed by atoms with Gasteiger partial charge in [0.1, 0.15) is 4.08 Å². The summed E-state index contributed by atoms with van der Waals surface area (Å²) in [5.41, 5.74) is 2.81. The third kappa shape index (κ3) is 2.88. The fourth-order valence-electron chi connectivity index (χ4n) is 4.95. The number of benzene rings is 2. The van der Waals surface area contributed by atoms with Gasteiger partial charge in [0.25, 0.3) is 0 Å². The Balaban J connectivity index is 1.46. The van der Waals surface area contributed by atoms with Crippen molar-refractivity contribution in [1.29, 1.82) is 0 Å². The van der Waals surface area contributed by atoms with Gasteiger partial charge in [-0.2, -0.15) is 0 Å². The average Bonchev–Trinajstić information content (AvgIpc) is 3.40. The Morgan fingerprint density at radius 3 is 2.37 bits per heavy atom. The highest BCUT2D eigenvalue weighted by Gasteiger charge is 2.64. The molecule has 2 aliphatic heterocycles. The molecule has 5 rings (SSSR count). The van der Waals surface area contributed by atoms with Crippen LogP contribution in [0.3, 0.4) is 0 Å². The molecule has 2 spiro atoms. The van der Waals surface area contributed by atoms with Crippen LogP contribution in [-0.4, -0.2) is 31.5 Å². The van der Waals surface area contributed by atoms with E-state index in [1.54, 1.807) is 0 Å². The van der Waals surface area contributed by atoms with E-state index in [0.717, 1.165) is 12.4 Å². The van der Waals surface area contributed by atoms with Gasteiger partial charge in [0.15, 0.2) is 0 Å². The maximum Gasteiger partial charge on any atom is 0.109 e. The largest absolute Gasteiger partial charge is 0.285 e. The van der Waals surface area contributed by atoms with Crippen molar-refractivity contribution in [2.45, 2.75) is 54.8 Å². The molecule has 0 bridgehead atoms. The van der Waals surface area contributed by atoms with E-state index in [1.165, 1.54) is 41.9 Å². The average molecular weight is 395 g/mol. The van der Waals surface area contributed by atoms with E-state index in [9.17, 15) is 0 Å². The summed E-state index contributed by atoms with van der Waals surface area (Å²) in [4.78, 5) is 8.11. The molecule has 0 N–H and O–H groups in total. The van der Waals surface area contributed by atoms with Gasteiger partial charge >= 0.3 is 0 Å². The summed E-state index contributed by atoms with van der Waals surface area (Å²) in [6.07, 6.45) is 5.12. The highest BCUT2D eigenvalue weighted by molar-refractivity contribution is 8.27. The van der Waals surface area contributed by atoms with E-state index in [-0.39, 0.29) is 9.62 Å². The summed E-state index contributed by atoms with van der Waals surface area (Å²) in [6.45, 7) is 3.48. The fraction of sp³-hybridized carbons (Fsp3) is 0.435. The van der Waals surface area contributed by atoms with Gasteiger partial charge in [-0.05, 0) is 25.3 Å². The zero-order valence-corrected chi connectivity index (χ0v) is 17.4. The lowest BCUT2D eigenvalue weighted by Gasteiger charge is -2.41. The number of thioether (sulfide) groups is 2. The summed E-state index contributed by atoms with van der Waals surface area (Å²) in [5.74, 6) is 1.10. The molecule has 1 saturated heterocycles. The van der Waals surface area contributed by atoms with E-state index >= 15 is 0 Å². The maximum atomic E-state index is 5.45. The van der Waals surface area contributed by atoms with Crippen LogP contribution >= 0.6 is 23.5 Å². The minimum Gasteiger partial charge on any atom is -0.285 e. The van der Waals surface area contributed by atoms with E-state index in [4.69, 9.17) is 4.99 Å². The highest BCUT2D eigenvalue weighted by Crippen LogP contribution is 2.65. The quantitative estimate of drug-likeness (QED) is 0.656. The SMILES string of the molecule is CC1N(Cc2ccccc2)CSC12SC(c1ccccc1)=NC21CCCC1. The Hall–Kier alpha value is -1.23. The maximum absolute atomic E-state index is 5.45. The van der Waals surface area contributed by atoms with Crippen molar-refractivity contribution in [2.24, 2.45) is 4.99 Å². The summed E-state index contributed by atoms with van der Waals surface area (Å²) in [7, 11) is 0. The first-order chi connectivity index (χ1) is 13.2. The summed E-state index contributed by atoms with van der Waals surface area (Å²) in [6, 6.07) is 22.2. The lowest BCUT2D eigenvalue weighted by Crippen LogP contribution is -2.51. The van der Waals surface area contributed by atoms with E-state index in [1.807, 2.05) is 0 Å². The van der Waals surface area contributed by atoms with Crippen LogP contribution < -0.4 is 0 Å². The van der Waals surface area contributed by atoms with E-state index in [0.29, 0.717) is 6.04 Å². The summed E-state index contributed by atoms with van der Waals surface area (Å²) < 4.78 is 0.156. The zero-order valence-electron chi connectivity index (χ0n) is 15.8. The molecule has 2 nitrogen and oxygen atoms in total. The van der Waals surface area contributed by atoms with Crippen LogP contribution in [0.25, 0.3) is 0 Å². The van der Waals surface area contributed by atoms with Gasteiger partial charge in [-0.1, -0.05) is 85.3 Å². The zero-order chi connectivity index (χ0) is 18.3. The first kappa shape index (κ1) is 17.8. The second kappa shape index (κ2) is 6.98. The van der Waals surface area contributed by atoms with Gasteiger partial charge in [-0.25, -0.2) is 0 Å². The van der Waals surface area contributed by atoms with Crippen molar-refractivity contribution < 1.29 is 0 Å². The molecule has 0 radical (unpaired) electrons. The van der Waals surface area contributed by atoms with Crippen LogP contribution in [0.15, 0.2) is 65.7 Å². The smallest absolute Gasteiger partial charge is 0.109 e. The third-order valence-electron chi connectivity index (χ3n) is 6.43. The molecule has 2 unspecified atom stereocenters. The summed E-state index contributed by atoms with van der Waals surface area (Å²) in [5, 5.41) is 1.26. The molecule has 4 heteroatoms. The van der Waals surface area contributed by atoms with Crippen molar-refractivity contribution >= 4 is 28.6 Å². The van der Waals surface area contributed by atoms with Crippen LogP contribution in [0.1, 0.15) is 43.7 Å². The predicted molar refractivity (Wildman–Crippen MR) is 118 cm³/mol. The topological polar surface area (TPSA) is 15.6 Å². The van der Waals surface area contributed by atoms with Crippen LogP contribution in [0, 0.1) is 0 Å². The molecule has 140 valence electrons. The van der Waals surface area contributed by atoms with Gasteiger partial charge < -0.3 is 0 Å². The molecule has 2 atom stereocenters. The second-order valence-electron chi connectivity index (χ2n) is 7.97. The number of nitrogens with zero attached hydrogens (tertiary/aromatic N) is 2. The van der Waals surface area contributed by atoms with Crippen molar-refractivity contribution in [2.75, 3.05) is 5.88 Å². The van der Waals surface area contributed by atoms with Crippen molar-refractivity contribution in [3.05, 3.63) is 71.8 Å². The normalized spacial score (nSPS) is 29.7.